The number of halogens is 1. The fourth-order valence-electron chi connectivity index (χ4n) is 6.92. The number of aliphatic hydroxyl groups is 1. The standard InChI is InChI=1S/C35H49FN4O6Si/c1-22(2)47(23(3)4,24(5)6)46-33-29-16-28(19-37-30(29)12-13-32(33)45-21-25-10-8-7-9-11-25)39-27-14-15-40(35(43)44)31(17-27)34(42)38-18-26(36)20-41/h7-13,16,19,22-24,26-27,31,39,41H,14-15,17-18,20-21H2,1-6H3,(H,38,42)(H,43,44). The van der Waals surface area contributed by atoms with E-state index in [1.807, 2.05) is 48.5 Å². The Balaban J connectivity index is 1.69. The lowest BCUT2D eigenvalue weighted by molar-refractivity contribution is -0.127. The van der Waals surface area contributed by atoms with E-state index in [1.165, 1.54) is 0 Å². The Morgan fingerprint density at radius 3 is 2.36 bits per heavy atom. The first kappa shape index (κ1) is 35.9. The molecular weight excluding hydrogens is 619 g/mol. The highest BCUT2D eigenvalue weighted by Crippen LogP contribution is 2.47. The molecule has 0 spiro atoms. The molecule has 12 heteroatoms. The van der Waals surface area contributed by atoms with Crippen LogP contribution in [-0.4, -0.2) is 78.4 Å². The molecule has 256 valence electrons. The van der Waals surface area contributed by atoms with E-state index in [1.54, 1.807) is 6.20 Å². The van der Waals surface area contributed by atoms with Gasteiger partial charge in [0, 0.05) is 18.0 Å². The Morgan fingerprint density at radius 1 is 1.06 bits per heavy atom. The number of amides is 2. The molecule has 2 amide bonds. The Morgan fingerprint density at radius 2 is 1.74 bits per heavy atom. The van der Waals surface area contributed by atoms with Crippen molar-refractivity contribution >= 4 is 36.9 Å². The van der Waals surface area contributed by atoms with E-state index in [-0.39, 0.29) is 19.0 Å². The van der Waals surface area contributed by atoms with Gasteiger partial charge in [0.2, 0.25) is 5.91 Å². The molecule has 3 atom stereocenters. The molecule has 1 aromatic heterocycles. The number of ether oxygens (including phenoxy) is 1. The lowest BCUT2D eigenvalue weighted by Crippen LogP contribution is -2.56. The molecule has 2 aromatic carbocycles. The van der Waals surface area contributed by atoms with Crippen molar-refractivity contribution in [1.82, 2.24) is 15.2 Å². The molecule has 0 bridgehead atoms. The number of hydrogen-bond donors (Lipinski definition) is 4. The summed E-state index contributed by atoms with van der Waals surface area (Å²) >= 11 is 0. The fraction of sp³-hybridized carbons (Fsp3) is 0.514. The molecule has 1 aliphatic heterocycles. The normalized spacial score (nSPS) is 17.6. The summed E-state index contributed by atoms with van der Waals surface area (Å²) in [6.07, 6.45) is -0.472. The third-order valence-electron chi connectivity index (χ3n) is 9.22. The van der Waals surface area contributed by atoms with Crippen molar-refractivity contribution in [3.8, 4) is 11.5 Å². The summed E-state index contributed by atoms with van der Waals surface area (Å²) in [4.78, 5) is 30.7. The quantitative estimate of drug-likeness (QED) is 0.139. The SMILES string of the molecule is CC(C)[Si](Oc1c(OCc2ccccc2)ccc2ncc(NC3CCN(C(=O)O)C(C(=O)NCC(F)CO)C3)cc12)(C(C)C)C(C)C. The average Bonchev–Trinajstić information content (AvgIpc) is 3.04. The highest BCUT2D eigenvalue weighted by Gasteiger charge is 2.48. The van der Waals surface area contributed by atoms with Crippen LogP contribution in [0.3, 0.4) is 0 Å². The summed E-state index contributed by atoms with van der Waals surface area (Å²) in [5, 5.41) is 25.4. The number of carboxylic acid groups (broad SMARTS) is 1. The van der Waals surface area contributed by atoms with E-state index in [0.717, 1.165) is 21.4 Å². The largest absolute Gasteiger partial charge is 0.540 e. The Labute approximate surface area is 277 Å². The van der Waals surface area contributed by atoms with Crippen LogP contribution in [0.4, 0.5) is 14.9 Å². The minimum atomic E-state index is -2.42. The topological polar surface area (TPSA) is 133 Å². The van der Waals surface area contributed by atoms with Gasteiger partial charge in [-0.15, -0.1) is 0 Å². The predicted octanol–water partition coefficient (Wildman–Crippen LogP) is 6.74. The number of likely N-dealkylation sites (tertiary alicyclic amines) is 1. The van der Waals surface area contributed by atoms with Crippen LogP contribution in [0.1, 0.15) is 59.9 Å². The molecule has 0 aliphatic carbocycles. The van der Waals surface area contributed by atoms with Gasteiger partial charge in [0.05, 0.1) is 30.6 Å². The van der Waals surface area contributed by atoms with E-state index in [0.29, 0.717) is 46.8 Å². The number of nitrogens with zero attached hydrogens (tertiary/aromatic N) is 2. The maximum Gasteiger partial charge on any atom is 0.407 e. The second kappa shape index (κ2) is 15.8. The number of hydrogen-bond acceptors (Lipinski definition) is 7. The van der Waals surface area contributed by atoms with Gasteiger partial charge in [-0.05, 0) is 53.2 Å². The third-order valence-corrected chi connectivity index (χ3v) is 15.2. The number of nitrogens with one attached hydrogen (secondary N) is 2. The Hall–Kier alpha value is -3.90. The molecule has 1 saturated heterocycles. The zero-order valence-corrected chi connectivity index (χ0v) is 29.2. The van der Waals surface area contributed by atoms with Crippen molar-refractivity contribution in [3.05, 3.63) is 60.3 Å². The number of aromatic nitrogens is 1. The van der Waals surface area contributed by atoms with Gasteiger partial charge >= 0.3 is 6.09 Å². The molecule has 0 radical (unpaired) electrons. The van der Waals surface area contributed by atoms with Gasteiger partial charge in [-0.3, -0.25) is 14.7 Å². The third kappa shape index (κ3) is 8.34. The number of carbonyl (C=O) groups excluding carboxylic acids is 1. The summed E-state index contributed by atoms with van der Waals surface area (Å²) < 4.78 is 27.3. The molecule has 1 aliphatic rings. The van der Waals surface area contributed by atoms with E-state index < -0.39 is 45.7 Å². The van der Waals surface area contributed by atoms with Crippen LogP contribution in [0.2, 0.25) is 16.6 Å². The lowest BCUT2D eigenvalue weighted by Gasteiger charge is -2.42. The van der Waals surface area contributed by atoms with Crippen LogP contribution in [0.25, 0.3) is 10.9 Å². The molecule has 10 nitrogen and oxygen atoms in total. The number of pyridine rings is 1. The Kier molecular flexibility index (Phi) is 12.1. The molecule has 47 heavy (non-hydrogen) atoms. The van der Waals surface area contributed by atoms with Crippen LogP contribution in [0.5, 0.6) is 11.5 Å². The highest BCUT2D eigenvalue weighted by atomic mass is 28.4. The molecule has 4 rings (SSSR count). The van der Waals surface area contributed by atoms with E-state index in [9.17, 15) is 19.1 Å². The van der Waals surface area contributed by atoms with Gasteiger partial charge in [0.15, 0.2) is 11.5 Å². The van der Waals surface area contributed by atoms with E-state index in [4.69, 9.17) is 19.3 Å². The number of carbonyl (C=O) groups is 2. The molecule has 3 unspecified atom stereocenters. The number of alkyl halides is 1. The first-order valence-electron chi connectivity index (χ1n) is 16.4. The van der Waals surface area contributed by atoms with Crippen molar-refractivity contribution in [1.29, 1.82) is 0 Å². The molecule has 2 heterocycles. The van der Waals surface area contributed by atoms with Crippen molar-refractivity contribution in [2.75, 3.05) is 25.0 Å². The number of fused-ring (bicyclic) bond motifs is 1. The maximum absolute atomic E-state index is 13.6. The fourth-order valence-corrected chi connectivity index (χ4v) is 12.2. The highest BCUT2D eigenvalue weighted by molar-refractivity contribution is 6.78. The van der Waals surface area contributed by atoms with Crippen molar-refractivity contribution in [2.45, 2.75) is 95.9 Å². The molecule has 4 N–H and O–H groups in total. The minimum absolute atomic E-state index is 0.127. The zero-order chi connectivity index (χ0) is 34.3. The monoisotopic (exact) mass is 668 g/mol. The second-order valence-corrected chi connectivity index (χ2v) is 18.6. The van der Waals surface area contributed by atoms with Gasteiger partial charge in [-0.2, -0.15) is 0 Å². The number of piperidine rings is 1. The summed E-state index contributed by atoms with van der Waals surface area (Å²) in [6.45, 7) is 12.8. The smallest absolute Gasteiger partial charge is 0.407 e. The molecular formula is C35H49FN4O6Si. The first-order valence-corrected chi connectivity index (χ1v) is 18.6. The van der Waals surface area contributed by atoms with Crippen molar-refractivity contribution < 1.29 is 33.4 Å². The van der Waals surface area contributed by atoms with Crippen LogP contribution in [-0.2, 0) is 11.4 Å². The van der Waals surface area contributed by atoms with Gasteiger partial charge < -0.3 is 30.0 Å². The summed E-state index contributed by atoms with van der Waals surface area (Å²) in [6, 6.07) is 14.5. The summed E-state index contributed by atoms with van der Waals surface area (Å²) in [5.74, 6) is 0.708. The lowest BCUT2D eigenvalue weighted by atomic mass is 9.96. The van der Waals surface area contributed by atoms with E-state index in [2.05, 4.69) is 52.2 Å². The van der Waals surface area contributed by atoms with E-state index >= 15 is 0 Å². The zero-order valence-electron chi connectivity index (χ0n) is 28.2. The van der Waals surface area contributed by atoms with Crippen molar-refractivity contribution in [3.63, 3.8) is 0 Å². The van der Waals surface area contributed by atoms with Crippen molar-refractivity contribution in [2.24, 2.45) is 0 Å². The van der Waals surface area contributed by atoms with Gasteiger partial charge in [0.1, 0.15) is 18.8 Å². The predicted molar refractivity (Wildman–Crippen MR) is 184 cm³/mol. The van der Waals surface area contributed by atoms with Gasteiger partial charge in [0.25, 0.3) is 8.32 Å². The maximum atomic E-state index is 13.6. The van der Waals surface area contributed by atoms with Crippen LogP contribution in [0, 0.1) is 0 Å². The molecule has 1 fully saturated rings. The Bertz CT molecular complexity index is 1490. The van der Waals surface area contributed by atoms with Crippen LogP contribution in [0.15, 0.2) is 54.7 Å². The van der Waals surface area contributed by atoms with Crippen LogP contribution < -0.4 is 19.8 Å². The van der Waals surface area contributed by atoms with Gasteiger partial charge in [-0.25, -0.2) is 9.18 Å². The minimum Gasteiger partial charge on any atom is -0.540 e. The molecule has 3 aromatic rings. The number of rotatable bonds is 14. The molecule has 0 saturated carbocycles. The second-order valence-electron chi connectivity index (χ2n) is 13.3. The summed E-state index contributed by atoms with van der Waals surface area (Å²) in [7, 11) is -2.42. The average molecular weight is 669 g/mol. The number of benzene rings is 2. The number of anilines is 1. The number of aliphatic hydroxyl groups excluding tert-OH is 1. The van der Waals surface area contributed by atoms with Gasteiger partial charge in [-0.1, -0.05) is 71.9 Å². The summed E-state index contributed by atoms with van der Waals surface area (Å²) in [5.41, 5.74) is 3.45. The first-order chi connectivity index (χ1) is 22.4. The van der Waals surface area contributed by atoms with Crippen LogP contribution >= 0.6 is 0 Å².